The van der Waals surface area contributed by atoms with Crippen LogP contribution in [0.3, 0.4) is 0 Å². The van der Waals surface area contributed by atoms with Gasteiger partial charge in [-0.2, -0.15) is 0 Å². The van der Waals surface area contributed by atoms with Crippen molar-refractivity contribution in [2.24, 2.45) is 0 Å². The molecule has 2 nitrogen and oxygen atoms in total. The van der Waals surface area contributed by atoms with E-state index in [1.54, 1.807) is 6.08 Å². The fourth-order valence-electron chi connectivity index (χ4n) is 0.889. The molecule has 0 aliphatic heterocycles. The van der Waals surface area contributed by atoms with E-state index in [2.05, 4.69) is 15.9 Å². The molecule has 4 heteroatoms. The number of rotatable bonds is 1. The Morgan fingerprint density at radius 3 is 2.60 bits per heavy atom. The summed E-state index contributed by atoms with van der Waals surface area (Å²) in [6, 6.07) is 0. The molecular weight excluding hydrogens is 195 g/mol. The molecule has 2 N–H and O–H groups in total. The Kier molecular flexibility index (Phi) is 2.71. The van der Waals surface area contributed by atoms with Crippen molar-refractivity contribution in [1.29, 1.82) is 0 Å². The summed E-state index contributed by atoms with van der Waals surface area (Å²) in [5.74, 6) is 0. The Hall–Kier alpha value is -0.0551. The number of hydrogen-bond donors (Lipinski definition) is 2. The first-order valence-corrected chi connectivity index (χ1v) is 3.91. The summed E-state index contributed by atoms with van der Waals surface area (Å²) in [6.45, 7) is 0. The molecule has 0 saturated heterocycles. The van der Waals surface area contributed by atoms with E-state index < -0.39 is 7.12 Å². The molecule has 0 fully saturated rings. The highest BCUT2D eigenvalue weighted by Crippen LogP contribution is 2.21. The minimum Gasteiger partial charge on any atom is -0.423 e. The van der Waals surface area contributed by atoms with Gasteiger partial charge in [0.25, 0.3) is 0 Å². The summed E-state index contributed by atoms with van der Waals surface area (Å²) in [6.07, 6.45) is 5.37. The second-order valence-electron chi connectivity index (χ2n) is 2.22. The molecule has 0 heterocycles. The Morgan fingerprint density at radius 1 is 1.50 bits per heavy atom. The summed E-state index contributed by atoms with van der Waals surface area (Å²) in [4.78, 5) is 0. The van der Waals surface area contributed by atoms with Gasteiger partial charge in [-0.25, -0.2) is 0 Å². The van der Waals surface area contributed by atoms with Crippen molar-refractivity contribution in [3.63, 3.8) is 0 Å². The molecule has 0 unspecified atom stereocenters. The largest absolute Gasteiger partial charge is 0.484 e. The molecule has 0 radical (unpaired) electrons. The Labute approximate surface area is 68.5 Å². The van der Waals surface area contributed by atoms with E-state index in [9.17, 15) is 0 Å². The van der Waals surface area contributed by atoms with Gasteiger partial charge in [-0.15, -0.1) is 0 Å². The van der Waals surface area contributed by atoms with Crippen LogP contribution in [0.5, 0.6) is 0 Å². The average Bonchev–Trinajstić information content (AvgIpc) is 1.88. The van der Waals surface area contributed by atoms with Crippen LogP contribution >= 0.6 is 15.9 Å². The predicted molar refractivity (Wildman–Crippen MR) is 44.5 cm³/mol. The zero-order chi connectivity index (χ0) is 7.56. The molecule has 54 valence electrons. The lowest BCUT2D eigenvalue weighted by Crippen LogP contribution is -2.16. The summed E-state index contributed by atoms with van der Waals surface area (Å²) >= 11 is 3.26. The van der Waals surface area contributed by atoms with Gasteiger partial charge < -0.3 is 10.0 Å². The number of halogens is 1. The summed E-state index contributed by atoms with van der Waals surface area (Å²) < 4.78 is 0.932. The lowest BCUT2D eigenvalue weighted by Gasteiger charge is -2.08. The SMILES string of the molecule is OB(O)C1=CC(Br)=CCC1. The molecule has 1 rings (SSSR count). The van der Waals surface area contributed by atoms with Crippen LogP contribution in [0.25, 0.3) is 0 Å². The van der Waals surface area contributed by atoms with Crippen molar-refractivity contribution in [2.75, 3.05) is 0 Å². The topological polar surface area (TPSA) is 40.5 Å². The maximum absolute atomic E-state index is 8.73. The molecule has 10 heavy (non-hydrogen) atoms. The second kappa shape index (κ2) is 3.37. The van der Waals surface area contributed by atoms with Crippen molar-refractivity contribution in [3.8, 4) is 0 Å². The maximum Gasteiger partial charge on any atom is 0.484 e. The van der Waals surface area contributed by atoms with Gasteiger partial charge in [0, 0.05) is 4.48 Å². The molecule has 0 aromatic carbocycles. The van der Waals surface area contributed by atoms with Crippen molar-refractivity contribution >= 4 is 23.0 Å². The highest BCUT2D eigenvalue weighted by atomic mass is 79.9. The summed E-state index contributed by atoms with van der Waals surface area (Å²) in [5, 5.41) is 17.5. The van der Waals surface area contributed by atoms with Crippen LogP contribution < -0.4 is 0 Å². The van der Waals surface area contributed by atoms with Crippen LogP contribution in [0.15, 0.2) is 22.1 Å². The fourth-order valence-corrected chi connectivity index (χ4v) is 1.41. The lowest BCUT2D eigenvalue weighted by atomic mass is 9.75. The number of allylic oxidation sites excluding steroid dienone is 4. The Bertz CT molecular complexity index is 186. The highest BCUT2D eigenvalue weighted by molar-refractivity contribution is 9.11. The van der Waals surface area contributed by atoms with Gasteiger partial charge in [0.1, 0.15) is 0 Å². The quantitative estimate of drug-likeness (QED) is 0.623. The Balaban J connectivity index is 2.69. The first kappa shape index (κ1) is 8.05. The van der Waals surface area contributed by atoms with Crippen LogP contribution in [-0.4, -0.2) is 17.2 Å². The molecule has 1 aliphatic rings. The van der Waals surface area contributed by atoms with E-state index in [-0.39, 0.29) is 0 Å². The van der Waals surface area contributed by atoms with Crippen molar-refractivity contribution in [2.45, 2.75) is 12.8 Å². The molecule has 0 aromatic rings. The monoisotopic (exact) mass is 202 g/mol. The third kappa shape index (κ3) is 1.97. The Morgan fingerprint density at radius 2 is 2.20 bits per heavy atom. The minimum absolute atomic E-state index is 0.675. The zero-order valence-corrected chi connectivity index (χ0v) is 7.00. The van der Waals surface area contributed by atoms with Crippen LogP contribution in [0.4, 0.5) is 0 Å². The standard InChI is InChI=1S/C6H8BBrO2/c8-6-3-1-2-5(4-6)7(9)10/h3-4,9-10H,1-2H2. The minimum atomic E-state index is -1.29. The van der Waals surface area contributed by atoms with Gasteiger partial charge in [-0.05, 0) is 18.3 Å². The third-order valence-electron chi connectivity index (χ3n) is 1.43. The molecule has 0 saturated carbocycles. The van der Waals surface area contributed by atoms with Crippen LogP contribution in [0.2, 0.25) is 0 Å². The molecule has 0 amide bonds. The highest BCUT2D eigenvalue weighted by Gasteiger charge is 2.15. The normalized spacial score (nSPS) is 17.9. The average molecular weight is 203 g/mol. The maximum atomic E-state index is 8.73. The van der Waals surface area contributed by atoms with Crippen molar-refractivity contribution < 1.29 is 10.0 Å². The van der Waals surface area contributed by atoms with Gasteiger partial charge in [0.15, 0.2) is 0 Å². The molecular formula is C6H8BBrO2. The van der Waals surface area contributed by atoms with E-state index in [1.165, 1.54) is 0 Å². The van der Waals surface area contributed by atoms with Crippen LogP contribution in [0.1, 0.15) is 12.8 Å². The number of hydrogen-bond acceptors (Lipinski definition) is 2. The first-order chi connectivity index (χ1) is 4.70. The van der Waals surface area contributed by atoms with E-state index in [0.717, 1.165) is 17.3 Å². The summed E-state index contributed by atoms with van der Waals surface area (Å²) in [7, 11) is -1.29. The van der Waals surface area contributed by atoms with E-state index in [1.807, 2.05) is 6.08 Å². The summed E-state index contributed by atoms with van der Waals surface area (Å²) in [5.41, 5.74) is 0.675. The second-order valence-corrected chi connectivity index (χ2v) is 3.14. The predicted octanol–water partition coefficient (Wildman–Crippen LogP) is 0.997. The fraction of sp³-hybridized carbons (Fsp3) is 0.333. The van der Waals surface area contributed by atoms with Gasteiger partial charge >= 0.3 is 7.12 Å². The molecule has 0 bridgehead atoms. The van der Waals surface area contributed by atoms with E-state index in [4.69, 9.17) is 10.0 Å². The van der Waals surface area contributed by atoms with Crippen LogP contribution in [-0.2, 0) is 0 Å². The van der Waals surface area contributed by atoms with E-state index in [0.29, 0.717) is 5.47 Å². The smallest absolute Gasteiger partial charge is 0.423 e. The molecule has 0 spiro atoms. The molecule has 1 aliphatic carbocycles. The van der Waals surface area contributed by atoms with E-state index >= 15 is 0 Å². The van der Waals surface area contributed by atoms with Crippen LogP contribution in [0, 0.1) is 0 Å². The van der Waals surface area contributed by atoms with Crippen molar-refractivity contribution in [3.05, 3.63) is 22.1 Å². The van der Waals surface area contributed by atoms with Gasteiger partial charge in [0.2, 0.25) is 0 Å². The van der Waals surface area contributed by atoms with Gasteiger partial charge in [0.05, 0.1) is 0 Å². The third-order valence-corrected chi connectivity index (χ3v) is 1.98. The zero-order valence-electron chi connectivity index (χ0n) is 5.42. The molecule has 0 atom stereocenters. The van der Waals surface area contributed by atoms with Crippen molar-refractivity contribution in [1.82, 2.24) is 0 Å². The lowest BCUT2D eigenvalue weighted by molar-refractivity contribution is 0.416. The molecule has 0 aromatic heterocycles. The van der Waals surface area contributed by atoms with Gasteiger partial charge in [-0.3, -0.25) is 0 Å². The van der Waals surface area contributed by atoms with Gasteiger partial charge in [-0.1, -0.05) is 28.1 Å². The first-order valence-electron chi connectivity index (χ1n) is 3.12.